The zero-order valence-corrected chi connectivity index (χ0v) is 66.9. The molecule has 2 amide bonds. The molecule has 7 heterocycles. The van der Waals surface area contributed by atoms with E-state index in [1.54, 1.807) is 101 Å². The van der Waals surface area contributed by atoms with Crippen LogP contribution in [-0.4, -0.2) is 181 Å². The second kappa shape index (κ2) is 62.2. The Kier molecular flexibility index (Phi) is 59.5. The number of hydrogen-bond acceptors (Lipinski definition) is 36. The molecule has 115 heavy (non-hydrogen) atoms. The maximum Gasteiger partial charge on any atom is 1.00 e. The monoisotopic (exact) mass is 1620 g/mol. The van der Waals surface area contributed by atoms with Crippen molar-refractivity contribution in [1.82, 2.24) is 69.6 Å². The SMILES string of the molecule is C.C=CCCC(=O)OCC.CCOC(=O)CCCCc1cc(N)nc(N)n1.CCOC(=O)C[C@@H](c1ccc(OC)nc1)N(C)C(=O)CCCCc1cc(N)nc(N)n1.COc1ccc([C@H](CC(=O)O)N(C)C(=O)CCCCc2cc(N)nc(N)n2)cn1.Nc1cc(CCCCC(=O)O)nc(N)n1.Nc1cc(Cl)nc(N)n1.[Li+].[Li+].[OH-].[OH-]. The Morgan fingerprint density at radius 2 is 0.757 bits per heavy atom. The van der Waals surface area contributed by atoms with Crippen molar-refractivity contribution < 1.29 is 116 Å². The predicted molar refractivity (Wildman–Crippen MR) is 427 cm³/mol. The first-order valence-corrected chi connectivity index (χ1v) is 35.3. The molecule has 7 aromatic rings. The Labute approximate surface area is 698 Å². The van der Waals surface area contributed by atoms with E-state index in [-0.39, 0.29) is 159 Å². The van der Waals surface area contributed by atoms with Crippen LogP contribution in [0.5, 0.6) is 11.8 Å². The number of nitrogen functional groups attached to an aromatic ring is 10. The van der Waals surface area contributed by atoms with Crippen molar-refractivity contribution in [3.05, 3.63) is 119 Å². The van der Waals surface area contributed by atoms with E-state index in [2.05, 4.69) is 71.1 Å². The molecule has 0 radical (unpaired) electrons. The minimum atomic E-state index is -0.996. The van der Waals surface area contributed by atoms with Gasteiger partial charge in [0, 0.05) is 124 Å². The minimum Gasteiger partial charge on any atom is -0.870 e. The molecule has 2 atom stereocenters. The number of pyridine rings is 2. The third-order valence-corrected chi connectivity index (χ3v) is 15.1. The summed E-state index contributed by atoms with van der Waals surface area (Å²) in [4.78, 5) is 131. The zero-order chi connectivity index (χ0) is 82.1. The summed E-state index contributed by atoms with van der Waals surface area (Å²) in [6, 6.07) is 13.9. The fourth-order valence-corrected chi connectivity index (χ4v) is 9.95. The molecule has 0 saturated heterocycles. The van der Waals surface area contributed by atoms with Crippen molar-refractivity contribution in [3.63, 3.8) is 0 Å². The van der Waals surface area contributed by atoms with E-state index < -0.39 is 24.0 Å². The molecule has 0 aliphatic rings. The van der Waals surface area contributed by atoms with Crippen LogP contribution >= 0.6 is 11.6 Å². The number of rotatable bonds is 36. The molecular formula is C72H111ClLi2N24O16. The normalized spacial score (nSPS) is 10.3. The zero-order valence-electron chi connectivity index (χ0n) is 66.2. The molecule has 0 saturated carbocycles. The van der Waals surface area contributed by atoms with Gasteiger partial charge in [-0.1, -0.05) is 37.2 Å². The number of carboxylic acids is 2. The summed E-state index contributed by atoms with van der Waals surface area (Å²) in [5, 5.41) is 17.9. The first-order chi connectivity index (χ1) is 52.3. The summed E-state index contributed by atoms with van der Waals surface area (Å²) < 4.78 is 24.7. The second-order valence-electron chi connectivity index (χ2n) is 23.6. The van der Waals surface area contributed by atoms with Crippen LogP contribution < -0.4 is 105 Å². The smallest absolute Gasteiger partial charge is 0.870 e. The number of methoxy groups -OCH3 is 2. The molecule has 0 fully saturated rings. The molecule has 0 aliphatic carbocycles. The number of unbranched alkanes of at least 4 members (excludes halogenated alkanes) is 4. The predicted octanol–water partition coefficient (Wildman–Crippen LogP) is 0.798. The van der Waals surface area contributed by atoms with Gasteiger partial charge in [0.25, 0.3) is 0 Å². The van der Waals surface area contributed by atoms with Gasteiger partial charge in [-0.15, -0.1) is 6.58 Å². The van der Waals surface area contributed by atoms with E-state index >= 15 is 0 Å². The van der Waals surface area contributed by atoms with Crippen LogP contribution in [0.3, 0.4) is 0 Å². The number of anilines is 10. The Balaban J connectivity index is -0.000000674. The number of hydrogen-bond donors (Lipinski definition) is 12. The summed E-state index contributed by atoms with van der Waals surface area (Å²) in [6.45, 7) is 10.0. The number of aryl methyl sites for hydroxylation is 4. The Bertz CT molecular complexity index is 3870. The largest absolute Gasteiger partial charge is 1.00 e. The number of nitrogens with zero attached hydrogens (tertiary/aromatic N) is 14. The molecule has 624 valence electrons. The number of esters is 3. The maximum absolute atomic E-state index is 12.8. The average molecular weight is 1620 g/mol. The number of ether oxygens (including phenoxy) is 5. The first-order valence-electron chi connectivity index (χ1n) is 35.0. The van der Waals surface area contributed by atoms with Crippen LogP contribution in [0.1, 0.15) is 177 Å². The molecule has 7 rings (SSSR count). The van der Waals surface area contributed by atoms with Gasteiger partial charge < -0.3 is 112 Å². The van der Waals surface area contributed by atoms with Crippen molar-refractivity contribution in [2.45, 2.75) is 169 Å². The van der Waals surface area contributed by atoms with Crippen molar-refractivity contribution >= 4 is 112 Å². The van der Waals surface area contributed by atoms with Crippen LogP contribution in [0.2, 0.25) is 5.15 Å². The molecule has 0 unspecified atom stereocenters. The van der Waals surface area contributed by atoms with E-state index in [1.165, 1.54) is 31.4 Å². The summed E-state index contributed by atoms with van der Waals surface area (Å²) >= 11 is 5.44. The Hall–Kier alpha value is -11.3. The van der Waals surface area contributed by atoms with E-state index in [4.69, 9.17) is 93.0 Å². The number of carbonyl (C=O) groups excluding carboxylic acids is 5. The number of halogens is 1. The van der Waals surface area contributed by atoms with Gasteiger partial charge in [-0.3, -0.25) is 33.6 Å². The fourth-order valence-electron chi connectivity index (χ4n) is 9.75. The minimum absolute atomic E-state index is 0. The molecule has 0 aliphatic heterocycles. The molecule has 24 N–H and O–H groups in total. The van der Waals surface area contributed by atoms with Gasteiger partial charge >= 0.3 is 67.6 Å². The summed E-state index contributed by atoms with van der Waals surface area (Å²) in [6.07, 6.45) is 15.4. The summed E-state index contributed by atoms with van der Waals surface area (Å²) in [5.41, 5.74) is 59.2. The van der Waals surface area contributed by atoms with Crippen molar-refractivity contribution in [3.8, 4) is 11.8 Å². The second-order valence-corrected chi connectivity index (χ2v) is 24.0. The van der Waals surface area contributed by atoms with E-state index in [0.717, 1.165) is 60.4 Å². The number of carbonyl (C=O) groups is 7. The van der Waals surface area contributed by atoms with Crippen LogP contribution in [0.15, 0.2) is 79.6 Å². The van der Waals surface area contributed by atoms with E-state index in [9.17, 15) is 38.7 Å². The number of nitrogens with two attached hydrogens (primary N) is 10. The van der Waals surface area contributed by atoms with E-state index in [0.29, 0.717) is 124 Å². The van der Waals surface area contributed by atoms with Gasteiger partial charge in [0.15, 0.2) is 0 Å². The van der Waals surface area contributed by atoms with Crippen LogP contribution in [0.4, 0.5) is 58.8 Å². The number of allylic oxidation sites excluding steroid dienone is 1. The third-order valence-electron chi connectivity index (χ3n) is 14.9. The summed E-state index contributed by atoms with van der Waals surface area (Å²) in [7, 11) is 6.31. The van der Waals surface area contributed by atoms with Crippen LogP contribution in [0, 0.1) is 0 Å². The summed E-state index contributed by atoms with van der Waals surface area (Å²) in [5.74, 6) is 0.550. The molecule has 0 spiro atoms. The quantitative estimate of drug-likeness (QED) is 0.00645. The van der Waals surface area contributed by atoms with E-state index in [1.807, 2.05) is 0 Å². The fraction of sp³-hybridized carbons (Fsp3) is 0.458. The average Bonchev–Trinajstić information content (AvgIpc) is 0.841. The maximum atomic E-state index is 12.8. The molecule has 0 bridgehead atoms. The molecule has 40 nitrogen and oxygen atoms in total. The molecular weight excluding hydrogens is 1510 g/mol. The molecule has 7 aromatic heterocycles. The van der Waals surface area contributed by atoms with Crippen LogP contribution in [-0.2, 0) is 73.5 Å². The standard InChI is InChI=1S/C21H30N6O4.C19H26N6O4.C11H18N4O2.C9H14N4O2.C7H12O2.C4H5ClN4.CH4.2Li.2H2O/c1-4-31-20(29)12-16(14-9-10-18(30-3)24-13-14)27(2)19(28)8-6-5-7-15-11-17(22)26-21(23)25-15;1-25(14(10-18(27)28)12-7-8-16(29-2)22-11-12)17(26)6-4-3-5-13-9-15(20)24-19(21)23-13;1-2-17-10(16)6-4-3-5-8-7-9(12)15-11(13)14-8;10-7-5-6(12-9(11)13-7)3-1-2-4-8(14)15;1-3-5-6-7(8)9-4-2;5-2-1-3(6)9-4(7)8-2;;;;;/h9-11,13,16H,4-8,12H2,1-3H3,(H4,22,23,25,26);7-9,11,14H,3-6,10H2,1-2H3,(H,27,28)(H4,20,21,23,24);7H,2-6H2,1H3,(H4,12,13,14,15);5H,1-4H2,(H,14,15)(H4,10,11,12,13);3H,1,4-6H2,2H3;1H,(H4,6,7,8,9);1H4;;;2*1H2/q;;;;;;;2*+1;;/p-2/t16-;14-;;;;;;;;;/m00........./s1. The van der Waals surface area contributed by atoms with Crippen LogP contribution in [0.25, 0.3) is 0 Å². The van der Waals surface area contributed by atoms with Crippen molar-refractivity contribution in [1.29, 1.82) is 0 Å². The Morgan fingerprint density at radius 1 is 0.443 bits per heavy atom. The van der Waals surface area contributed by atoms with Gasteiger partial charge in [0.05, 0.1) is 59.0 Å². The number of aromatic nitrogens is 12. The van der Waals surface area contributed by atoms with Gasteiger partial charge in [0.2, 0.25) is 53.3 Å². The first kappa shape index (κ1) is 110. The topological polar surface area (TPSA) is 687 Å². The molecule has 0 aromatic carbocycles. The Morgan fingerprint density at radius 3 is 1.04 bits per heavy atom. The number of aliphatic carboxylic acids is 2. The van der Waals surface area contributed by atoms with Gasteiger partial charge in [-0.25, -0.2) is 34.9 Å². The number of amides is 2. The van der Waals surface area contributed by atoms with Gasteiger partial charge in [0.1, 0.15) is 34.2 Å². The number of carboxylic acid groups (broad SMARTS) is 2. The molecule has 43 heteroatoms. The van der Waals surface area contributed by atoms with Gasteiger partial charge in [-0.2, -0.15) is 24.9 Å². The third kappa shape index (κ3) is 49.1. The van der Waals surface area contributed by atoms with Crippen molar-refractivity contribution in [2.24, 2.45) is 0 Å². The van der Waals surface area contributed by atoms with Crippen molar-refractivity contribution in [2.75, 3.05) is 105 Å². The van der Waals surface area contributed by atoms with Gasteiger partial charge in [-0.05, 0) is 115 Å².